The number of aromatic nitrogens is 1. The molecule has 2 amide bonds. The van der Waals surface area contributed by atoms with Crippen molar-refractivity contribution >= 4 is 34.0 Å². The Balaban J connectivity index is 1.37. The van der Waals surface area contributed by atoms with Gasteiger partial charge in [-0.25, -0.2) is 4.98 Å². The first-order valence-corrected chi connectivity index (χ1v) is 11.8. The molecule has 1 unspecified atom stereocenters. The number of nitrogens with zero attached hydrogens (tertiary/aromatic N) is 3. The van der Waals surface area contributed by atoms with Crippen molar-refractivity contribution in [3.63, 3.8) is 0 Å². The summed E-state index contributed by atoms with van der Waals surface area (Å²) in [5.74, 6) is 0.331. The van der Waals surface area contributed by atoms with Gasteiger partial charge in [-0.3, -0.25) is 9.59 Å². The van der Waals surface area contributed by atoms with E-state index in [0.717, 1.165) is 68.4 Å². The first-order valence-electron chi connectivity index (χ1n) is 11.0. The monoisotopic (exact) mass is 426 g/mol. The van der Waals surface area contributed by atoms with Crippen molar-refractivity contribution in [3.8, 4) is 0 Å². The van der Waals surface area contributed by atoms with Gasteiger partial charge in [-0.1, -0.05) is 26.0 Å². The third-order valence-corrected chi connectivity index (χ3v) is 7.29. The van der Waals surface area contributed by atoms with Crippen molar-refractivity contribution in [3.05, 3.63) is 40.4 Å². The Labute approximate surface area is 182 Å². The molecule has 1 saturated heterocycles. The predicted octanol–water partition coefficient (Wildman–Crippen LogP) is 3.51. The first-order chi connectivity index (χ1) is 14.6. The molecule has 1 aromatic carbocycles. The second kappa shape index (κ2) is 9.16. The van der Waals surface area contributed by atoms with E-state index >= 15 is 0 Å². The third kappa shape index (κ3) is 4.51. The number of carbonyl (C=O) groups excluding carboxylic acids is 2. The van der Waals surface area contributed by atoms with Crippen molar-refractivity contribution in [1.82, 2.24) is 9.88 Å². The first kappa shape index (κ1) is 20.8. The molecule has 2 heterocycles. The smallest absolute Gasteiger partial charge is 0.227 e. The Morgan fingerprint density at radius 3 is 2.73 bits per heavy atom. The quantitative estimate of drug-likeness (QED) is 0.795. The van der Waals surface area contributed by atoms with E-state index in [9.17, 15) is 9.59 Å². The molecule has 1 aromatic heterocycles. The molecule has 0 bridgehead atoms. The molecule has 6 nitrogen and oxygen atoms in total. The summed E-state index contributed by atoms with van der Waals surface area (Å²) in [4.78, 5) is 35.1. The van der Waals surface area contributed by atoms with Crippen molar-refractivity contribution in [2.24, 2.45) is 5.92 Å². The molecule has 1 atom stereocenters. The molecule has 2 aromatic rings. The van der Waals surface area contributed by atoms with Gasteiger partial charge in [-0.15, -0.1) is 11.3 Å². The van der Waals surface area contributed by atoms with Gasteiger partial charge in [0.1, 0.15) is 0 Å². The molecule has 30 heavy (non-hydrogen) atoms. The summed E-state index contributed by atoms with van der Waals surface area (Å²) in [5.41, 5.74) is 3.26. The van der Waals surface area contributed by atoms with Gasteiger partial charge in [-0.2, -0.15) is 0 Å². The largest absolute Gasteiger partial charge is 0.345 e. The number of thiazole rings is 1. The summed E-state index contributed by atoms with van der Waals surface area (Å²) in [6.07, 6.45) is 3.99. The fourth-order valence-corrected chi connectivity index (χ4v) is 5.44. The molecular weight excluding hydrogens is 396 g/mol. The summed E-state index contributed by atoms with van der Waals surface area (Å²) in [5, 5.41) is 4.15. The van der Waals surface area contributed by atoms with Crippen LogP contribution < -0.4 is 10.2 Å². The van der Waals surface area contributed by atoms with Crippen LogP contribution in [-0.4, -0.2) is 47.9 Å². The molecule has 160 valence electrons. The van der Waals surface area contributed by atoms with Crippen LogP contribution in [0.3, 0.4) is 0 Å². The number of benzene rings is 1. The molecule has 1 aliphatic carbocycles. The van der Waals surface area contributed by atoms with Gasteiger partial charge in [0, 0.05) is 49.1 Å². The van der Waals surface area contributed by atoms with Crippen LogP contribution in [0.2, 0.25) is 0 Å². The average Bonchev–Trinajstić information content (AvgIpc) is 3.22. The molecule has 0 saturated carbocycles. The van der Waals surface area contributed by atoms with E-state index < -0.39 is 0 Å². The maximum absolute atomic E-state index is 12.8. The second-order valence-corrected chi connectivity index (χ2v) is 9.13. The van der Waals surface area contributed by atoms with Gasteiger partial charge < -0.3 is 15.1 Å². The van der Waals surface area contributed by atoms with E-state index in [1.165, 1.54) is 10.4 Å². The average molecular weight is 427 g/mol. The predicted molar refractivity (Wildman–Crippen MR) is 121 cm³/mol. The lowest BCUT2D eigenvalue weighted by molar-refractivity contribution is -0.131. The van der Waals surface area contributed by atoms with Crippen LogP contribution in [0.1, 0.15) is 42.8 Å². The lowest BCUT2D eigenvalue weighted by Crippen LogP contribution is -2.48. The molecule has 4 rings (SSSR count). The number of amides is 2. The molecule has 7 heteroatoms. The zero-order valence-corrected chi connectivity index (χ0v) is 18.6. The fourth-order valence-electron chi connectivity index (χ4n) is 4.20. The third-order valence-electron chi connectivity index (χ3n) is 6.11. The van der Waals surface area contributed by atoms with E-state index in [4.69, 9.17) is 4.98 Å². The topological polar surface area (TPSA) is 65.5 Å². The minimum absolute atomic E-state index is 0.00453. The lowest BCUT2D eigenvalue weighted by Gasteiger charge is -2.34. The molecule has 1 aliphatic heterocycles. The highest BCUT2D eigenvalue weighted by Gasteiger charge is 2.29. The fraction of sp³-hybridized carbons (Fsp3) is 0.522. The van der Waals surface area contributed by atoms with Crippen LogP contribution in [0.4, 0.5) is 10.8 Å². The van der Waals surface area contributed by atoms with Crippen molar-refractivity contribution in [2.75, 3.05) is 36.4 Å². The van der Waals surface area contributed by atoms with Gasteiger partial charge in [0.15, 0.2) is 5.13 Å². The SMILES string of the molecule is CCC(=O)N1CCN(c2nc3c(s2)CC(C(=O)Nc2cccc(CC)c2)CC3)CC1. The number of fused-ring (bicyclic) bond motifs is 1. The summed E-state index contributed by atoms with van der Waals surface area (Å²) in [7, 11) is 0. The maximum Gasteiger partial charge on any atom is 0.227 e. The molecule has 1 fully saturated rings. The highest BCUT2D eigenvalue weighted by molar-refractivity contribution is 7.15. The van der Waals surface area contributed by atoms with Crippen LogP contribution in [0.25, 0.3) is 0 Å². The Bertz CT molecular complexity index is 918. The number of aryl methyl sites for hydroxylation is 2. The number of hydrogen-bond acceptors (Lipinski definition) is 5. The van der Waals surface area contributed by atoms with Gasteiger partial charge in [0.2, 0.25) is 11.8 Å². The van der Waals surface area contributed by atoms with E-state index in [1.54, 1.807) is 11.3 Å². The number of piperazine rings is 1. The Morgan fingerprint density at radius 2 is 2.00 bits per heavy atom. The van der Waals surface area contributed by atoms with E-state index in [-0.39, 0.29) is 17.7 Å². The van der Waals surface area contributed by atoms with Crippen LogP contribution in [0, 0.1) is 5.92 Å². The van der Waals surface area contributed by atoms with Gasteiger partial charge in [-0.05, 0) is 43.4 Å². The Kier molecular flexibility index (Phi) is 6.37. The highest BCUT2D eigenvalue weighted by Crippen LogP contribution is 2.35. The minimum Gasteiger partial charge on any atom is -0.345 e. The molecule has 1 N–H and O–H groups in total. The zero-order chi connectivity index (χ0) is 21.1. The normalized spacial score (nSPS) is 18.8. The maximum atomic E-state index is 12.8. The van der Waals surface area contributed by atoms with Gasteiger partial charge in [0.25, 0.3) is 0 Å². The van der Waals surface area contributed by atoms with Gasteiger partial charge in [0.05, 0.1) is 5.69 Å². The minimum atomic E-state index is -0.00453. The Morgan fingerprint density at radius 1 is 1.20 bits per heavy atom. The van der Waals surface area contributed by atoms with E-state index in [0.29, 0.717) is 6.42 Å². The van der Waals surface area contributed by atoms with Crippen molar-refractivity contribution in [2.45, 2.75) is 46.0 Å². The molecule has 0 spiro atoms. The number of nitrogens with one attached hydrogen (secondary N) is 1. The Hall–Kier alpha value is -2.41. The lowest BCUT2D eigenvalue weighted by atomic mass is 9.90. The molecule has 2 aliphatic rings. The zero-order valence-electron chi connectivity index (χ0n) is 17.8. The summed E-state index contributed by atoms with van der Waals surface area (Å²) >= 11 is 1.72. The van der Waals surface area contributed by atoms with E-state index in [1.807, 2.05) is 24.0 Å². The number of carbonyl (C=O) groups is 2. The van der Waals surface area contributed by atoms with Crippen molar-refractivity contribution < 1.29 is 9.59 Å². The van der Waals surface area contributed by atoms with E-state index in [2.05, 4.69) is 29.3 Å². The van der Waals surface area contributed by atoms with Crippen LogP contribution >= 0.6 is 11.3 Å². The van der Waals surface area contributed by atoms with Gasteiger partial charge >= 0.3 is 0 Å². The molecule has 0 radical (unpaired) electrons. The van der Waals surface area contributed by atoms with Crippen LogP contribution in [-0.2, 0) is 28.9 Å². The number of rotatable bonds is 5. The summed E-state index contributed by atoms with van der Waals surface area (Å²) in [6.45, 7) is 7.21. The second-order valence-electron chi connectivity index (χ2n) is 8.07. The van der Waals surface area contributed by atoms with Crippen molar-refractivity contribution in [1.29, 1.82) is 0 Å². The summed E-state index contributed by atoms with van der Waals surface area (Å²) in [6, 6.07) is 8.09. The molecular formula is C23H30N4O2S. The number of hydrogen-bond donors (Lipinski definition) is 1. The van der Waals surface area contributed by atoms with Crippen LogP contribution in [0.5, 0.6) is 0 Å². The number of anilines is 2. The van der Waals surface area contributed by atoms with Crippen LogP contribution in [0.15, 0.2) is 24.3 Å². The summed E-state index contributed by atoms with van der Waals surface area (Å²) < 4.78 is 0. The highest BCUT2D eigenvalue weighted by atomic mass is 32.1. The standard InChI is InChI=1S/C23H30N4O2S/c1-3-16-6-5-7-18(14-16)24-22(29)17-8-9-19-20(15-17)30-23(25-19)27-12-10-26(11-13-27)21(28)4-2/h5-7,14,17H,3-4,8-13,15H2,1-2H3,(H,24,29).